The van der Waals surface area contributed by atoms with Crippen LogP contribution in [0.1, 0.15) is 54.2 Å². The van der Waals surface area contributed by atoms with Crippen molar-refractivity contribution in [3.8, 4) is 11.4 Å². The van der Waals surface area contributed by atoms with E-state index in [2.05, 4.69) is 9.97 Å². The second kappa shape index (κ2) is 10.5. The Bertz CT molecular complexity index is 1070. The number of rotatable bonds is 6. The number of ether oxygens (including phenoxy) is 1. The van der Waals surface area contributed by atoms with Gasteiger partial charge in [-0.2, -0.15) is 0 Å². The van der Waals surface area contributed by atoms with Gasteiger partial charge in [0.2, 0.25) is 5.91 Å². The van der Waals surface area contributed by atoms with Crippen LogP contribution in [0.15, 0.2) is 30.3 Å². The Morgan fingerprint density at radius 2 is 1.82 bits per heavy atom. The number of hydrogen-bond donors (Lipinski definition) is 0. The molecule has 34 heavy (non-hydrogen) atoms. The molecule has 1 fully saturated rings. The van der Waals surface area contributed by atoms with Gasteiger partial charge in [-0.25, -0.2) is 14.8 Å². The maximum Gasteiger partial charge on any atom is 0.342 e. The lowest BCUT2D eigenvalue weighted by molar-refractivity contribution is -0.143. The molecule has 1 unspecified atom stereocenters. The van der Waals surface area contributed by atoms with E-state index in [1.807, 2.05) is 51.1 Å². The molecule has 0 aliphatic carbocycles. The number of aryl methyl sites for hydroxylation is 1. The molecule has 2 heterocycles. The van der Waals surface area contributed by atoms with Crippen LogP contribution in [-0.2, 0) is 9.53 Å². The summed E-state index contributed by atoms with van der Waals surface area (Å²) in [6, 6.07) is 9.07. The largest absolute Gasteiger partial charge is 0.462 e. The number of nitrogens with zero attached hydrogens (tertiary/aromatic N) is 4. The van der Waals surface area contributed by atoms with Crippen LogP contribution >= 0.6 is 11.6 Å². The molecule has 0 radical (unpaired) electrons. The Labute approximate surface area is 205 Å². The molecule has 182 valence electrons. The van der Waals surface area contributed by atoms with Crippen LogP contribution in [-0.4, -0.2) is 75.7 Å². The fraction of sp³-hybridized carbons (Fsp3) is 0.480. The molecule has 0 N–H and O–H groups in total. The average Bonchev–Trinajstić information content (AvgIpc) is 2.83. The Morgan fingerprint density at radius 1 is 1.15 bits per heavy atom. The van der Waals surface area contributed by atoms with Crippen LogP contribution in [0.2, 0.25) is 0 Å². The minimum atomic E-state index is -0.687. The van der Waals surface area contributed by atoms with Crippen molar-refractivity contribution in [1.82, 2.24) is 19.8 Å². The van der Waals surface area contributed by atoms with E-state index in [0.717, 1.165) is 5.56 Å². The van der Waals surface area contributed by atoms with Gasteiger partial charge in [-0.3, -0.25) is 9.59 Å². The second-order valence-corrected chi connectivity index (χ2v) is 9.33. The first kappa shape index (κ1) is 25.6. The molecule has 1 atom stereocenters. The molecule has 0 bridgehead atoms. The maximum atomic E-state index is 13.6. The number of halogens is 1. The summed E-state index contributed by atoms with van der Waals surface area (Å²) in [5.74, 6) is -0.489. The first-order valence-corrected chi connectivity index (χ1v) is 11.9. The normalized spacial score (nSPS) is 16.4. The van der Waals surface area contributed by atoms with Crippen LogP contribution in [0.4, 0.5) is 0 Å². The Morgan fingerprint density at radius 3 is 2.41 bits per heavy atom. The molecule has 1 aliphatic heterocycles. The van der Waals surface area contributed by atoms with E-state index in [9.17, 15) is 14.4 Å². The standard InChI is InChI=1S/C25H31ClN4O4/c1-6-34-23(32)19-17(3)27-21(18-10-8-7-9-11-18)28-20(19)22(31)29-12-13-30(16(2)14-29)24(33)25(4,5)15-26/h7-11,16H,6,12-15H2,1-5H3. The van der Waals surface area contributed by atoms with Crippen LogP contribution in [0, 0.1) is 12.3 Å². The molecule has 3 rings (SSSR count). The van der Waals surface area contributed by atoms with Gasteiger partial charge in [-0.15, -0.1) is 11.6 Å². The van der Waals surface area contributed by atoms with Crippen LogP contribution in [0.5, 0.6) is 0 Å². The van der Waals surface area contributed by atoms with Gasteiger partial charge in [0.1, 0.15) is 11.3 Å². The minimum Gasteiger partial charge on any atom is -0.462 e. The third-order valence-electron chi connectivity index (χ3n) is 5.89. The zero-order valence-electron chi connectivity index (χ0n) is 20.3. The number of carbonyl (C=O) groups is 3. The first-order valence-electron chi connectivity index (χ1n) is 11.4. The van der Waals surface area contributed by atoms with Gasteiger partial charge in [0, 0.05) is 37.1 Å². The van der Waals surface area contributed by atoms with Crippen molar-refractivity contribution in [3.05, 3.63) is 47.3 Å². The molecule has 1 aliphatic rings. The van der Waals surface area contributed by atoms with E-state index in [-0.39, 0.29) is 41.6 Å². The summed E-state index contributed by atoms with van der Waals surface area (Å²) in [5, 5.41) is 0. The molecule has 8 nitrogen and oxygen atoms in total. The van der Waals surface area contributed by atoms with Crippen molar-refractivity contribution in [2.45, 2.75) is 40.7 Å². The number of alkyl halides is 1. The van der Waals surface area contributed by atoms with Crippen molar-refractivity contribution in [1.29, 1.82) is 0 Å². The minimum absolute atomic E-state index is 0.0119. The van der Waals surface area contributed by atoms with E-state index in [4.69, 9.17) is 16.3 Å². The Hall–Kier alpha value is -3.00. The van der Waals surface area contributed by atoms with Crippen molar-refractivity contribution in [2.75, 3.05) is 32.1 Å². The van der Waals surface area contributed by atoms with E-state index < -0.39 is 11.4 Å². The Balaban J connectivity index is 1.95. The van der Waals surface area contributed by atoms with Gasteiger partial charge < -0.3 is 14.5 Å². The van der Waals surface area contributed by atoms with Crippen molar-refractivity contribution in [2.24, 2.45) is 5.41 Å². The maximum absolute atomic E-state index is 13.6. The van der Waals surface area contributed by atoms with Crippen molar-refractivity contribution >= 4 is 29.4 Å². The lowest BCUT2D eigenvalue weighted by Gasteiger charge is -2.42. The summed E-state index contributed by atoms with van der Waals surface area (Å²) in [5.41, 5.74) is 0.510. The molecular weight excluding hydrogens is 456 g/mol. The highest BCUT2D eigenvalue weighted by molar-refractivity contribution is 6.19. The van der Waals surface area contributed by atoms with Crippen LogP contribution in [0.3, 0.4) is 0 Å². The van der Waals surface area contributed by atoms with Gasteiger partial charge in [0.05, 0.1) is 17.7 Å². The number of amides is 2. The number of hydrogen-bond acceptors (Lipinski definition) is 6. The predicted octanol–water partition coefficient (Wildman–Crippen LogP) is 3.57. The summed E-state index contributed by atoms with van der Waals surface area (Å²) in [4.78, 5) is 51.7. The summed E-state index contributed by atoms with van der Waals surface area (Å²) < 4.78 is 5.20. The highest BCUT2D eigenvalue weighted by Crippen LogP contribution is 2.26. The Kier molecular flexibility index (Phi) is 7.92. The molecule has 2 amide bonds. The quantitative estimate of drug-likeness (QED) is 0.458. The lowest BCUT2D eigenvalue weighted by atomic mass is 9.93. The third kappa shape index (κ3) is 5.22. The van der Waals surface area contributed by atoms with Crippen LogP contribution in [0.25, 0.3) is 11.4 Å². The molecule has 0 spiro atoms. The molecule has 1 aromatic heterocycles. The van der Waals surface area contributed by atoms with E-state index in [1.54, 1.807) is 23.6 Å². The number of aromatic nitrogens is 2. The monoisotopic (exact) mass is 486 g/mol. The van der Waals surface area contributed by atoms with Crippen molar-refractivity contribution < 1.29 is 19.1 Å². The SMILES string of the molecule is CCOC(=O)c1c(C)nc(-c2ccccc2)nc1C(=O)N1CCN(C(=O)C(C)(C)CCl)C(C)C1. The van der Waals surface area contributed by atoms with Gasteiger partial charge in [0.15, 0.2) is 5.82 Å². The topological polar surface area (TPSA) is 92.7 Å². The van der Waals surface area contributed by atoms with Gasteiger partial charge in [0.25, 0.3) is 5.91 Å². The highest BCUT2D eigenvalue weighted by Gasteiger charge is 2.38. The molecule has 1 saturated heterocycles. The number of benzene rings is 1. The molecule has 9 heteroatoms. The van der Waals surface area contributed by atoms with E-state index in [0.29, 0.717) is 31.2 Å². The van der Waals surface area contributed by atoms with Gasteiger partial charge >= 0.3 is 5.97 Å². The van der Waals surface area contributed by atoms with Crippen LogP contribution < -0.4 is 0 Å². The molecule has 2 aromatic rings. The average molecular weight is 487 g/mol. The molecule has 1 aromatic carbocycles. The third-order valence-corrected chi connectivity index (χ3v) is 6.56. The fourth-order valence-corrected chi connectivity index (χ4v) is 4.05. The summed E-state index contributed by atoms with van der Waals surface area (Å²) >= 11 is 6.00. The smallest absolute Gasteiger partial charge is 0.342 e. The predicted molar refractivity (Wildman–Crippen MR) is 130 cm³/mol. The van der Waals surface area contributed by atoms with E-state index in [1.165, 1.54) is 0 Å². The summed E-state index contributed by atoms with van der Waals surface area (Å²) in [6.07, 6.45) is 0. The summed E-state index contributed by atoms with van der Waals surface area (Å²) in [6.45, 7) is 10.1. The number of carbonyl (C=O) groups excluding carboxylic acids is 3. The van der Waals surface area contributed by atoms with Gasteiger partial charge in [-0.05, 0) is 34.6 Å². The second-order valence-electron chi connectivity index (χ2n) is 9.06. The lowest BCUT2D eigenvalue weighted by Crippen LogP contribution is -2.58. The van der Waals surface area contributed by atoms with Crippen molar-refractivity contribution in [3.63, 3.8) is 0 Å². The summed E-state index contributed by atoms with van der Waals surface area (Å²) in [7, 11) is 0. The zero-order valence-corrected chi connectivity index (χ0v) is 21.1. The zero-order chi connectivity index (χ0) is 25.0. The highest BCUT2D eigenvalue weighted by atomic mass is 35.5. The fourth-order valence-electron chi connectivity index (χ4n) is 3.93. The number of piperazine rings is 1. The number of esters is 1. The van der Waals surface area contributed by atoms with E-state index >= 15 is 0 Å². The van der Waals surface area contributed by atoms with Gasteiger partial charge in [-0.1, -0.05) is 30.3 Å². The first-order chi connectivity index (χ1) is 16.1. The molecule has 0 saturated carbocycles. The molecular formula is C25H31ClN4O4.